The molecule has 0 aliphatic heterocycles. The molecule has 0 radical (unpaired) electrons. The van der Waals surface area contributed by atoms with Crippen LogP contribution in [-0.2, 0) is 0 Å². The third-order valence-corrected chi connectivity index (χ3v) is 3.22. The number of hydrogen-bond acceptors (Lipinski definition) is 1. The molecule has 0 saturated carbocycles. The maximum absolute atomic E-state index is 5.28. The lowest BCUT2D eigenvalue weighted by Crippen LogP contribution is -2.31. The minimum atomic E-state index is 0.428. The summed E-state index contributed by atoms with van der Waals surface area (Å²) in [4.78, 5) is 0. The van der Waals surface area contributed by atoms with Gasteiger partial charge >= 0.3 is 0 Å². The van der Waals surface area contributed by atoms with Gasteiger partial charge in [-0.25, -0.2) is 0 Å². The molecule has 0 heterocycles. The van der Waals surface area contributed by atoms with Gasteiger partial charge < -0.3 is 10.6 Å². The first kappa shape index (κ1) is 13.6. The fourth-order valence-corrected chi connectivity index (χ4v) is 2.04. The van der Waals surface area contributed by atoms with E-state index >= 15 is 0 Å². The third-order valence-electron chi connectivity index (χ3n) is 2.97. The number of para-hydroxylation sites is 1. The number of anilines is 1. The number of benzene rings is 2. The second-order valence-corrected chi connectivity index (χ2v) is 4.92. The zero-order chi connectivity index (χ0) is 13.5. The Morgan fingerprint density at radius 2 is 1.58 bits per heavy atom. The molecule has 0 aromatic heterocycles. The second kappa shape index (κ2) is 6.90. The SMILES string of the molecule is C[C@H](CNC(=S)Nc1ccccc1)c1ccccc1. The maximum Gasteiger partial charge on any atom is 0.170 e. The van der Waals surface area contributed by atoms with Crippen molar-refractivity contribution in [1.82, 2.24) is 5.32 Å². The summed E-state index contributed by atoms with van der Waals surface area (Å²) in [6.07, 6.45) is 0. The van der Waals surface area contributed by atoms with Crippen LogP contribution in [0.1, 0.15) is 18.4 Å². The van der Waals surface area contributed by atoms with Crippen LogP contribution < -0.4 is 10.6 Å². The molecule has 2 aromatic carbocycles. The Morgan fingerprint density at radius 1 is 1.00 bits per heavy atom. The van der Waals surface area contributed by atoms with Crippen LogP contribution in [0.4, 0.5) is 5.69 Å². The smallest absolute Gasteiger partial charge is 0.170 e. The molecule has 0 spiro atoms. The van der Waals surface area contributed by atoms with E-state index in [9.17, 15) is 0 Å². The van der Waals surface area contributed by atoms with E-state index in [1.807, 2.05) is 36.4 Å². The lowest BCUT2D eigenvalue weighted by atomic mass is 10.0. The van der Waals surface area contributed by atoms with E-state index in [0.717, 1.165) is 12.2 Å². The Kier molecular flexibility index (Phi) is 4.93. The van der Waals surface area contributed by atoms with Gasteiger partial charge in [-0.3, -0.25) is 0 Å². The van der Waals surface area contributed by atoms with Crippen molar-refractivity contribution in [1.29, 1.82) is 0 Å². The van der Waals surface area contributed by atoms with Crippen molar-refractivity contribution in [2.24, 2.45) is 0 Å². The van der Waals surface area contributed by atoms with Crippen molar-refractivity contribution >= 4 is 23.0 Å². The van der Waals surface area contributed by atoms with Gasteiger partial charge in [0.05, 0.1) is 0 Å². The second-order valence-electron chi connectivity index (χ2n) is 4.51. The summed E-state index contributed by atoms with van der Waals surface area (Å²) in [5.41, 5.74) is 2.32. The number of rotatable bonds is 4. The first-order valence-corrected chi connectivity index (χ1v) is 6.81. The summed E-state index contributed by atoms with van der Waals surface area (Å²) in [5.74, 6) is 0.428. The summed E-state index contributed by atoms with van der Waals surface area (Å²) in [7, 11) is 0. The maximum atomic E-state index is 5.28. The fraction of sp³-hybridized carbons (Fsp3) is 0.188. The Labute approximate surface area is 119 Å². The molecule has 2 rings (SSSR count). The van der Waals surface area contributed by atoms with Crippen molar-refractivity contribution in [3.05, 3.63) is 66.2 Å². The molecule has 2 nitrogen and oxygen atoms in total. The first-order valence-electron chi connectivity index (χ1n) is 6.40. The predicted octanol–water partition coefficient (Wildman–Crippen LogP) is 3.78. The molecule has 0 unspecified atom stereocenters. The van der Waals surface area contributed by atoms with Gasteiger partial charge in [-0.05, 0) is 35.8 Å². The summed E-state index contributed by atoms with van der Waals surface area (Å²) in [5, 5.41) is 7.08. The van der Waals surface area contributed by atoms with Gasteiger partial charge in [-0.15, -0.1) is 0 Å². The highest BCUT2D eigenvalue weighted by molar-refractivity contribution is 7.80. The molecular weight excluding hydrogens is 252 g/mol. The van der Waals surface area contributed by atoms with Gasteiger partial charge in [0.25, 0.3) is 0 Å². The molecule has 98 valence electrons. The zero-order valence-electron chi connectivity index (χ0n) is 11.0. The monoisotopic (exact) mass is 270 g/mol. The molecule has 0 aliphatic rings. The quantitative estimate of drug-likeness (QED) is 0.827. The minimum Gasteiger partial charge on any atom is -0.362 e. The zero-order valence-corrected chi connectivity index (χ0v) is 11.8. The standard InChI is InChI=1S/C16H18N2S/c1-13(14-8-4-2-5-9-14)12-17-16(19)18-15-10-6-3-7-11-15/h2-11,13H,12H2,1H3,(H2,17,18,19)/t13-/m1/s1. The molecule has 1 atom stereocenters. The fourth-order valence-electron chi connectivity index (χ4n) is 1.84. The van der Waals surface area contributed by atoms with Crippen LogP contribution in [0.25, 0.3) is 0 Å². The summed E-state index contributed by atoms with van der Waals surface area (Å²) in [6, 6.07) is 20.4. The van der Waals surface area contributed by atoms with Gasteiger partial charge in [-0.2, -0.15) is 0 Å². The van der Waals surface area contributed by atoms with Crippen LogP contribution >= 0.6 is 12.2 Å². The van der Waals surface area contributed by atoms with Crippen molar-refractivity contribution in [3.63, 3.8) is 0 Å². The summed E-state index contributed by atoms with van der Waals surface area (Å²) < 4.78 is 0. The third kappa shape index (κ3) is 4.38. The highest BCUT2D eigenvalue weighted by Gasteiger charge is 2.05. The summed E-state index contributed by atoms with van der Waals surface area (Å²) >= 11 is 5.28. The molecule has 2 aromatic rings. The van der Waals surface area contributed by atoms with Gasteiger partial charge in [0.1, 0.15) is 0 Å². The molecule has 0 aliphatic carbocycles. The van der Waals surface area contributed by atoms with Gasteiger partial charge in [0.15, 0.2) is 5.11 Å². The van der Waals surface area contributed by atoms with Gasteiger partial charge in [-0.1, -0.05) is 55.5 Å². The van der Waals surface area contributed by atoms with Gasteiger partial charge in [0.2, 0.25) is 0 Å². The average molecular weight is 270 g/mol. The minimum absolute atomic E-state index is 0.428. The molecule has 0 saturated heterocycles. The summed E-state index contributed by atoms with van der Waals surface area (Å²) in [6.45, 7) is 3.01. The van der Waals surface area contributed by atoms with E-state index in [2.05, 4.69) is 41.8 Å². The lowest BCUT2D eigenvalue weighted by molar-refractivity contribution is 0.723. The van der Waals surface area contributed by atoms with Crippen molar-refractivity contribution in [3.8, 4) is 0 Å². The molecule has 0 amide bonds. The highest BCUT2D eigenvalue weighted by Crippen LogP contribution is 2.13. The molecule has 0 bridgehead atoms. The van der Waals surface area contributed by atoms with Crippen molar-refractivity contribution < 1.29 is 0 Å². The van der Waals surface area contributed by atoms with Crippen LogP contribution in [0.2, 0.25) is 0 Å². The van der Waals surface area contributed by atoms with Crippen molar-refractivity contribution in [2.75, 3.05) is 11.9 Å². The van der Waals surface area contributed by atoms with E-state index in [1.165, 1.54) is 5.56 Å². The first-order chi connectivity index (χ1) is 9.25. The van der Waals surface area contributed by atoms with E-state index in [-0.39, 0.29) is 0 Å². The number of thiocarbonyl (C=S) groups is 1. The molecule has 3 heteroatoms. The Balaban J connectivity index is 1.81. The van der Waals surface area contributed by atoms with Crippen LogP contribution in [0.5, 0.6) is 0 Å². The largest absolute Gasteiger partial charge is 0.362 e. The molecular formula is C16H18N2S. The van der Waals surface area contributed by atoms with Crippen molar-refractivity contribution in [2.45, 2.75) is 12.8 Å². The van der Waals surface area contributed by atoms with Gasteiger partial charge in [0, 0.05) is 12.2 Å². The van der Waals surface area contributed by atoms with Crippen LogP contribution in [0, 0.1) is 0 Å². The molecule has 0 fully saturated rings. The molecule has 19 heavy (non-hydrogen) atoms. The normalized spacial score (nSPS) is 11.6. The van der Waals surface area contributed by atoms with Crippen LogP contribution in [-0.4, -0.2) is 11.7 Å². The Bertz CT molecular complexity index is 511. The van der Waals surface area contributed by atoms with E-state index in [4.69, 9.17) is 12.2 Å². The predicted molar refractivity (Wildman–Crippen MR) is 85.5 cm³/mol. The lowest BCUT2D eigenvalue weighted by Gasteiger charge is -2.15. The van der Waals surface area contributed by atoms with E-state index in [1.54, 1.807) is 0 Å². The average Bonchev–Trinajstić information content (AvgIpc) is 2.47. The highest BCUT2D eigenvalue weighted by atomic mass is 32.1. The van der Waals surface area contributed by atoms with Crippen LogP contribution in [0.15, 0.2) is 60.7 Å². The Hall–Kier alpha value is -1.87. The number of nitrogens with one attached hydrogen (secondary N) is 2. The van der Waals surface area contributed by atoms with E-state index in [0.29, 0.717) is 11.0 Å². The number of hydrogen-bond donors (Lipinski definition) is 2. The van der Waals surface area contributed by atoms with E-state index < -0.39 is 0 Å². The topological polar surface area (TPSA) is 24.1 Å². The van der Waals surface area contributed by atoms with Crippen LogP contribution in [0.3, 0.4) is 0 Å². The Morgan fingerprint density at radius 3 is 2.21 bits per heavy atom. The molecule has 2 N–H and O–H groups in total.